The molecular weight excluding hydrogens is 286 g/mol. The zero-order valence-electron chi connectivity index (χ0n) is 11.2. The average molecular weight is 299 g/mol. The first-order chi connectivity index (χ1) is 9.86. The number of imidazole rings is 1. The van der Waals surface area contributed by atoms with E-state index in [1.54, 1.807) is 18.2 Å². The molecule has 3 nitrogen and oxygen atoms in total. The number of benzene rings is 1. The van der Waals surface area contributed by atoms with Crippen LogP contribution in [0.1, 0.15) is 24.2 Å². The Hall–Kier alpha value is -2.05. The molecule has 2 atom stereocenters. The second-order valence-corrected chi connectivity index (χ2v) is 5.22. The summed E-state index contributed by atoms with van der Waals surface area (Å²) in [7, 11) is 0. The average Bonchev–Trinajstić information content (AvgIpc) is 2.81. The molecule has 0 bridgehead atoms. The fourth-order valence-corrected chi connectivity index (χ4v) is 2.62. The molecule has 1 aromatic carbocycles. The standard InChI is InChI=1S/C14H13F4N3/c1-8-6-21-7-11(14(16,17)18)19-13(21)20-12(8)9-4-2-3-5-10(9)15/h2-5,7-8,12H,6H2,1H3,(H,19,20). The lowest BCUT2D eigenvalue weighted by molar-refractivity contribution is -0.140. The van der Waals surface area contributed by atoms with Crippen LogP contribution in [0.15, 0.2) is 30.5 Å². The lowest BCUT2D eigenvalue weighted by Crippen LogP contribution is -2.30. The largest absolute Gasteiger partial charge is 0.434 e. The van der Waals surface area contributed by atoms with Crippen LogP contribution in [0.25, 0.3) is 0 Å². The maximum Gasteiger partial charge on any atom is 0.434 e. The van der Waals surface area contributed by atoms with E-state index in [4.69, 9.17) is 0 Å². The molecule has 2 heterocycles. The highest BCUT2D eigenvalue weighted by molar-refractivity contribution is 5.38. The van der Waals surface area contributed by atoms with E-state index >= 15 is 0 Å². The summed E-state index contributed by atoms with van der Waals surface area (Å²) >= 11 is 0. The van der Waals surface area contributed by atoms with Crippen molar-refractivity contribution in [2.45, 2.75) is 25.7 Å². The number of hydrogen-bond donors (Lipinski definition) is 1. The Bertz CT molecular complexity index is 662. The number of aromatic nitrogens is 2. The van der Waals surface area contributed by atoms with Crippen molar-refractivity contribution in [1.82, 2.24) is 9.55 Å². The Morgan fingerprint density at radius 3 is 2.67 bits per heavy atom. The molecule has 0 saturated carbocycles. The van der Waals surface area contributed by atoms with Crippen LogP contribution in [0.5, 0.6) is 0 Å². The highest BCUT2D eigenvalue weighted by Gasteiger charge is 2.37. The number of rotatable bonds is 1. The van der Waals surface area contributed by atoms with E-state index in [1.807, 2.05) is 6.92 Å². The normalized spacial score (nSPS) is 21.8. The van der Waals surface area contributed by atoms with Crippen molar-refractivity contribution in [3.05, 3.63) is 47.5 Å². The summed E-state index contributed by atoms with van der Waals surface area (Å²) < 4.78 is 53.4. The lowest BCUT2D eigenvalue weighted by Gasteiger charge is -2.31. The number of nitrogens with zero attached hydrogens (tertiary/aromatic N) is 2. The van der Waals surface area contributed by atoms with Gasteiger partial charge in [0.1, 0.15) is 5.82 Å². The van der Waals surface area contributed by atoms with E-state index in [9.17, 15) is 17.6 Å². The number of fused-ring (bicyclic) bond motifs is 1. The Balaban J connectivity index is 1.95. The first-order valence-corrected chi connectivity index (χ1v) is 6.51. The monoisotopic (exact) mass is 299 g/mol. The molecule has 1 aromatic heterocycles. The van der Waals surface area contributed by atoms with E-state index in [0.29, 0.717) is 12.1 Å². The highest BCUT2D eigenvalue weighted by Crippen LogP contribution is 2.36. The van der Waals surface area contributed by atoms with Crippen molar-refractivity contribution in [3.63, 3.8) is 0 Å². The van der Waals surface area contributed by atoms with Gasteiger partial charge in [-0.05, 0) is 12.0 Å². The van der Waals surface area contributed by atoms with Gasteiger partial charge < -0.3 is 9.88 Å². The fraction of sp³-hybridized carbons (Fsp3) is 0.357. The van der Waals surface area contributed by atoms with Gasteiger partial charge in [-0.25, -0.2) is 9.37 Å². The van der Waals surface area contributed by atoms with E-state index in [0.717, 1.165) is 6.20 Å². The number of anilines is 1. The van der Waals surface area contributed by atoms with Gasteiger partial charge in [0.05, 0.1) is 6.04 Å². The van der Waals surface area contributed by atoms with Gasteiger partial charge in [-0.2, -0.15) is 13.2 Å². The van der Waals surface area contributed by atoms with Crippen LogP contribution in [-0.2, 0) is 12.7 Å². The number of nitrogens with one attached hydrogen (secondary N) is 1. The number of alkyl halides is 3. The lowest BCUT2D eigenvalue weighted by atomic mass is 9.93. The van der Waals surface area contributed by atoms with Crippen LogP contribution in [-0.4, -0.2) is 9.55 Å². The van der Waals surface area contributed by atoms with Gasteiger partial charge in [-0.3, -0.25) is 0 Å². The molecule has 7 heteroatoms. The van der Waals surface area contributed by atoms with E-state index in [2.05, 4.69) is 10.3 Å². The maximum atomic E-state index is 13.9. The molecule has 1 N–H and O–H groups in total. The summed E-state index contributed by atoms with van der Waals surface area (Å²) in [5, 5.41) is 2.91. The van der Waals surface area contributed by atoms with Gasteiger partial charge in [-0.1, -0.05) is 25.1 Å². The van der Waals surface area contributed by atoms with Gasteiger partial charge in [0.15, 0.2) is 5.69 Å². The summed E-state index contributed by atoms with van der Waals surface area (Å²) in [4.78, 5) is 3.57. The Morgan fingerprint density at radius 2 is 2.00 bits per heavy atom. The van der Waals surface area contributed by atoms with Crippen LogP contribution in [0, 0.1) is 11.7 Å². The quantitative estimate of drug-likeness (QED) is 0.811. The highest BCUT2D eigenvalue weighted by atomic mass is 19.4. The smallest absolute Gasteiger partial charge is 0.348 e. The fourth-order valence-electron chi connectivity index (χ4n) is 2.62. The molecule has 0 saturated heterocycles. The minimum absolute atomic E-state index is 0.0651. The summed E-state index contributed by atoms with van der Waals surface area (Å²) in [6.45, 7) is 2.21. The van der Waals surface area contributed by atoms with Gasteiger partial charge in [0.25, 0.3) is 0 Å². The van der Waals surface area contributed by atoms with Crippen LogP contribution < -0.4 is 5.32 Å². The predicted molar refractivity (Wildman–Crippen MR) is 69.2 cm³/mol. The summed E-state index contributed by atoms with van der Waals surface area (Å²) in [5.74, 6) is -0.323. The van der Waals surface area contributed by atoms with Crippen LogP contribution in [0.3, 0.4) is 0 Å². The molecule has 21 heavy (non-hydrogen) atoms. The minimum Gasteiger partial charge on any atom is -0.348 e. The molecule has 0 fully saturated rings. The summed E-state index contributed by atoms with van der Waals surface area (Å²) in [6.07, 6.45) is -3.50. The predicted octanol–water partition coefficient (Wildman–Crippen LogP) is 3.84. The van der Waals surface area contributed by atoms with Gasteiger partial charge in [0.2, 0.25) is 5.95 Å². The van der Waals surface area contributed by atoms with Gasteiger partial charge in [0, 0.05) is 18.3 Å². The van der Waals surface area contributed by atoms with Gasteiger partial charge >= 0.3 is 6.18 Å². The molecular formula is C14H13F4N3. The molecule has 0 radical (unpaired) electrons. The third kappa shape index (κ3) is 2.48. The molecule has 2 aromatic rings. The van der Waals surface area contributed by atoms with Gasteiger partial charge in [-0.15, -0.1) is 0 Å². The topological polar surface area (TPSA) is 29.9 Å². The van der Waals surface area contributed by atoms with Crippen molar-refractivity contribution in [2.24, 2.45) is 5.92 Å². The van der Waals surface area contributed by atoms with Crippen LogP contribution in [0.2, 0.25) is 0 Å². The summed E-state index contributed by atoms with van der Waals surface area (Å²) in [5.41, 5.74) is -0.501. The Labute approximate surface area is 118 Å². The van der Waals surface area contributed by atoms with Crippen molar-refractivity contribution in [1.29, 1.82) is 0 Å². The Morgan fingerprint density at radius 1 is 1.29 bits per heavy atom. The summed E-state index contributed by atoms with van der Waals surface area (Å²) in [6, 6.07) is 5.85. The number of hydrogen-bond acceptors (Lipinski definition) is 2. The first kappa shape index (κ1) is 13.9. The van der Waals surface area contributed by atoms with Crippen molar-refractivity contribution < 1.29 is 17.6 Å². The first-order valence-electron chi connectivity index (χ1n) is 6.51. The zero-order valence-corrected chi connectivity index (χ0v) is 11.2. The third-order valence-electron chi connectivity index (χ3n) is 3.65. The molecule has 112 valence electrons. The van der Waals surface area contributed by atoms with Crippen molar-refractivity contribution in [3.8, 4) is 0 Å². The van der Waals surface area contributed by atoms with Crippen molar-refractivity contribution >= 4 is 5.95 Å². The maximum absolute atomic E-state index is 13.9. The second-order valence-electron chi connectivity index (χ2n) is 5.22. The molecule has 1 aliphatic rings. The van der Waals surface area contributed by atoms with E-state index < -0.39 is 17.9 Å². The molecule has 0 aliphatic carbocycles. The van der Waals surface area contributed by atoms with Crippen LogP contribution >= 0.6 is 0 Å². The minimum atomic E-state index is -4.48. The Kier molecular flexibility index (Phi) is 3.15. The SMILES string of the molecule is CC1Cn2cc(C(F)(F)F)nc2NC1c1ccccc1F. The van der Waals surface area contributed by atoms with Crippen molar-refractivity contribution in [2.75, 3.05) is 5.32 Å². The molecule has 1 aliphatic heterocycles. The molecule has 0 amide bonds. The molecule has 0 spiro atoms. The third-order valence-corrected chi connectivity index (χ3v) is 3.65. The molecule has 3 rings (SSSR count). The van der Waals surface area contributed by atoms with E-state index in [-0.39, 0.29) is 17.7 Å². The van der Waals surface area contributed by atoms with Crippen LogP contribution in [0.4, 0.5) is 23.5 Å². The second kappa shape index (κ2) is 4.75. The van der Waals surface area contributed by atoms with E-state index in [1.165, 1.54) is 10.6 Å². The number of halogens is 4. The zero-order chi connectivity index (χ0) is 15.2. The molecule has 2 unspecified atom stereocenters.